The number of morpholine rings is 1. The van der Waals surface area contributed by atoms with E-state index in [1.165, 1.54) is 13.0 Å². The van der Waals surface area contributed by atoms with Gasteiger partial charge in [-0.15, -0.1) is 0 Å². The minimum absolute atomic E-state index is 0.154. The molecule has 0 aromatic heterocycles. The quantitative estimate of drug-likeness (QED) is 0.0613. The minimum atomic E-state index is -2.68. The highest BCUT2D eigenvalue weighted by Crippen LogP contribution is 2.39. The van der Waals surface area contributed by atoms with E-state index in [-0.39, 0.29) is 38.1 Å². The van der Waals surface area contributed by atoms with Crippen molar-refractivity contribution in [1.29, 1.82) is 0 Å². The summed E-state index contributed by atoms with van der Waals surface area (Å²) >= 11 is 0. The van der Waals surface area contributed by atoms with Crippen LogP contribution in [0.1, 0.15) is 85.5 Å². The number of hydrogen-bond acceptors (Lipinski definition) is 29. The third-order valence-corrected chi connectivity index (χ3v) is 18.4. The lowest BCUT2D eigenvalue weighted by Gasteiger charge is -2.48. The van der Waals surface area contributed by atoms with Gasteiger partial charge in [0, 0.05) is 57.2 Å². The van der Waals surface area contributed by atoms with E-state index in [4.69, 9.17) is 37.9 Å². The first-order valence-corrected chi connectivity index (χ1v) is 33.3. The maximum atomic E-state index is 14.4. The highest BCUT2D eigenvalue weighted by Gasteiger charge is 2.55. The Morgan fingerprint density at radius 2 is 1.26 bits per heavy atom. The molecule has 2 bridgehead atoms. The van der Waals surface area contributed by atoms with Gasteiger partial charge in [0.05, 0.1) is 118 Å². The van der Waals surface area contributed by atoms with Crippen molar-refractivity contribution in [3.05, 3.63) is 85.1 Å². The van der Waals surface area contributed by atoms with Gasteiger partial charge in [0.25, 0.3) is 0 Å². The Bertz CT molecular complexity index is 2540. The summed E-state index contributed by atoms with van der Waals surface area (Å²) in [5.74, 6) is -8.76. The highest BCUT2D eigenvalue weighted by atomic mass is 16.7. The zero-order chi connectivity index (χ0) is 70.4. The van der Waals surface area contributed by atoms with Gasteiger partial charge < -0.3 is 135 Å². The molecule has 28 atom stereocenters. The lowest BCUT2D eigenvalue weighted by atomic mass is 9.82. The van der Waals surface area contributed by atoms with Gasteiger partial charge in [-0.05, 0) is 46.1 Å². The number of aliphatic hydroxyl groups excluding tert-OH is 15. The lowest BCUT2D eigenvalue weighted by molar-refractivity contribution is -0.368. The maximum Gasteiger partial charge on any atom is 0.308 e. The van der Waals surface area contributed by atoms with Gasteiger partial charge in [-0.25, -0.2) is 0 Å². The number of esters is 1. The van der Waals surface area contributed by atoms with E-state index >= 15 is 0 Å². The summed E-state index contributed by atoms with van der Waals surface area (Å²) in [5, 5.41) is 194. The van der Waals surface area contributed by atoms with Crippen LogP contribution in [0, 0.1) is 17.8 Å². The number of ether oxygens (including phenoxy) is 8. The summed E-state index contributed by atoms with van der Waals surface area (Å²) in [4.78, 5) is 29.4. The van der Waals surface area contributed by atoms with Crippen LogP contribution in [0.4, 0.5) is 0 Å². The molecule has 3 unspecified atom stereocenters. The molecule has 0 aromatic carbocycles. The standard InChI is InChI=1S/C66H107N3O27/c1-37-18-15-13-11-9-7-5-6-8-10-12-14-16-19-44(93-63-57(82)53(55(80)40(4)92-63)68-36-66(88)61(85)60(48(77)35-90-66)95-64-59(84)58(83)56(81)50(34-70)94-64)31-49-52(62(86)67-22-17-23-69-24-26-89-27-25-69)47(76)33-65(87,96-49)32-43(73)29-46(75)45(74)21-20-41(71)28-42(72)30-51(78)91-39(3)38(2)54(37)79/h5-16,18-19,37-50,52-61,63-64,68,70-77,79-85,87-88H,17,20-36H2,1-4H3,(H,67,86)/b6-5+,9-7+,10-8+,13-11+,14-12+,18-15+,19-16+/t37-,38?,39-,40+,41+,42+,43-,44-,45+,46+,47-,48+,49?,50+,52?,53-,54+,55+,56+,57-,58-,59+,60+,61-,63-,64-,65+,66+/m0/s1. The van der Waals surface area contributed by atoms with Crippen molar-refractivity contribution in [2.45, 2.75) is 238 Å². The fourth-order valence-corrected chi connectivity index (χ4v) is 12.5. The largest absolute Gasteiger partial charge is 0.462 e. The topological polar surface area (TPSA) is 479 Å². The Labute approximate surface area is 559 Å². The van der Waals surface area contributed by atoms with Crippen LogP contribution in [0.25, 0.3) is 0 Å². The molecule has 0 radical (unpaired) electrons. The number of aliphatic hydroxyl groups is 17. The van der Waals surface area contributed by atoms with Crippen LogP contribution in [0.15, 0.2) is 85.1 Å². The molecule has 1 amide bonds. The van der Waals surface area contributed by atoms with Crippen molar-refractivity contribution < 1.29 is 134 Å². The second kappa shape index (κ2) is 39.3. The number of nitrogens with one attached hydrogen (secondary N) is 2. The average molecular weight is 1370 g/mol. The Morgan fingerprint density at radius 3 is 1.91 bits per heavy atom. The van der Waals surface area contributed by atoms with Crippen LogP contribution in [0.2, 0.25) is 0 Å². The zero-order valence-corrected chi connectivity index (χ0v) is 55.0. The molecule has 0 saturated carbocycles. The van der Waals surface area contributed by atoms with Crippen LogP contribution in [-0.4, -0.2) is 315 Å². The van der Waals surface area contributed by atoms with Crippen molar-refractivity contribution in [3.63, 3.8) is 0 Å². The monoisotopic (exact) mass is 1370 g/mol. The molecule has 0 aliphatic carbocycles. The van der Waals surface area contributed by atoms with Gasteiger partial charge in [-0.3, -0.25) is 14.5 Å². The third kappa shape index (κ3) is 24.1. The SMILES string of the molecule is CC1[C@H](C)OC(=O)C[C@H](O)C[C@H](O)CC[C@@H](O)[C@H](O)C[C@H](O)C[C@]2(O)C[C@H](O)C(C(=O)NCCCN3CCOCC3)C(C[C@@H](O[C@@H]3O[C@H](C)[C@@H](O)[C@H](NC[C@@]4(O)OC[C@@H](O)[C@@H](O[C@@H]5O[C@H](CO)[C@@H](O)[C@H](O)[C@H]5O)[C@@H]4O)[C@@H]3O)/C=C/C=C/C=C/C=C/C=C/C=C/C=C/[C@H](C)[C@H]1O)O2. The van der Waals surface area contributed by atoms with Crippen LogP contribution in [-0.2, 0) is 47.5 Å². The summed E-state index contributed by atoms with van der Waals surface area (Å²) in [6.07, 6.45) is -13.1. The number of hydrogen-bond donors (Lipinski definition) is 19. The lowest BCUT2D eigenvalue weighted by Crippen LogP contribution is -2.70. The van der Waals surface area contributed by atoms with Gasteiger partial charge >= 0.3 is 5.97 Å². The zero-order valence-electron chi connectivity index (χ0n) is 55.0. The summed E-state index contributed by atoms with van der Waals surface area (Å²) in [6.45, 7) is 7.61. The van der Waals surface area contributed by atoms with E-state index in [0.717, 1.165) is 0 Å². The second-order valence-electron chi connectivity index (χ2n) is 26.1. The van der Waals surface area contributed by atoms with Crippen LogP contribution < -0.4 is 10.6 Å². The molecule has 96 heavy (non-hydrogen) atoms. The van der Waals surface area contributed by atoms with E-state index in [9.17, 15) is 96.4 Å². The Hall–Kier alpha value is -3.92. The molecule has 30 nitrogen and oxygen atoms in total. The van der Waals surface area contributed by atoms with E-state index in [0.29, 0.717) is 39.3 Å². The first kappa shape index (κ1) is 81.0. The molecule has 5 saturated heterocycles. The molecule has 19 N–H and O–H groups in total. The molecule has 548 valence electrons. The fraction of sp³-hybridized carbons (Fsp3) is 0.758. The molecule has 6 aliphatic rings. The molecule has 6 rings (SSSR count). The molecular formula is C66H107N3O27. The number of cyclic esters (lactones) is 1. The molecule has 6 heterocycles. The molecule has 5 fully saturated rings. The first-order valence-electron chi connectivity index (χ1n) is 33.3. The first-order chi connectivity index (χ1) is 45.5. The molecule has 0 spiro atoms. The van der Waals surface area contributed by atoms with Gasteiger partial charge in [-0.1, -0.05) is 98.9 Å². The molecule has 30 heteroatoms. The Morgan fingerprint density at radius 1 is 0.635 bits per heavy atom. The van der Waals surface area contributed by atoms with Gasteiger partial charge in [0.2, 0.25) is 11.7 Å². The van der Waals surface area contributed by atoms with E-state index in [2.05, 4.69) is 15.5 Å². The van der Waals surface area contributed by atoms with E-state index in [1.807, 2.05) is 6.92 Å². The van der Waals surface area contributed by atoms with Crippen molar-refractivity contribution >= 4 is 11.9 Å². The second-order valence-corrected chi connectivity index (χ2v) is 26.1. The Balaban J connectivity index is 1.26. The van der Waals surface area contributed by atoms with Crippen molar-refractivity contribution in [2.75, 3.05) is 59.2 Å². The number of allylic oxidation sites excluding steroid dienone is 12. The van der Waals surface area contributed by atoms with Crippen LogP contribution in [0.5, 0.6) is 0 Å². The fourth-order valence-electron chi connectivity index (χ4n) is 12.5. The van der Waals surface area contributed by atoms with E-state index in [1.54, 1.807) is 92.8 Å². The van der Waals surface area contributed by atoms with Crippen LogP contribution >= 0.6 is 0 Å². The van der Waals surface area contributed by atoms with Crippen LogP contribution in [0.3, 0.4) is 0 Å². The number of rotatable bonds is 13. The summed E-state index contributed by atoms with van der Waals surface area (Å²) in [6, 6.07) is -1.47. The highest BCUT2D eigenvalue weighted by molar-refractivity contribution is 5.80. The number of fused-ring (bicyclic) bond motifs is 2. The minimum Gasteiger partial charge on any atom is -0.462 e. The number of amides is 1. The van der Waals surface area contributed by atoms with Gasteiger partial charge in [0.1, 0.15) is 54.9 Å². The predicted molar refractivity (Wildman–Crippen MR) is 340 cm³/mol. The number of nitrogens with zero attached hydrogens (tertiary/aromatic N) is 1. The smallest absolute Gasteiger partial charge is 0.308 e. The maximum absolute atomic E-state index is 14.4. The summed E-state index contributed by atoms with van der Waals surface area (Å²) in [7, 11) is 0. The molecule has 0 aromatic rings. The summed E-state index contributed by atoms with van der Waals surface area (Å²) < 4.78 is 46.4. The third-order valence-electron chi connectivity index (χ3n) is 18.4. The van der Waals surface area contributed by atoms with E-state index < -0.39 is 221 Å². The van der Waals surface area contributed by atoms with Crippen molar-refractivity contribution in [1.82, 2.24) is 15.5 Å². The Kier molecular flexibility index (Phi) is 33.2. The van der Waals surface area contributed by atoms with Gasteiger partial charge in [-0.2, -0.15) is 0 Å². The average Bonchev–Trinajstić information content (AvgIpc) is 0.818. The van der Waals surface area contributed by atoms with Crippen molar-refractivity contribution in [2.24, 2.45) is 17.8 Å². The number of carbonyl (C=O) groups excluding carboxylic acids is 2. The summed E-state index contributed by atoms with van der Waals surface area (Å²) in [5.41, 5.74) is 0. The van der Waals surface area contributed by atoms with Crippen molar-refractivity contribution in [3.8, 4) is 0 Å². The van der Waals surface area contributed by atoms with Gasteiger partial charge in [0.15, 0.2) is 18.4 Å². The predicted octanol–water partition coefficient (Wildman–Crippen LogP) is -4.28. The molecular weight excluding hydrogens is 1270 g/mol. The molecule has 6 aliphatic heterocycles. The number of carbonyl (C=O) groups is 2. The normalized spacial score (nSPS) is 45.5.